The molecule has 0 amide bonds. The highest BCUT2D eigenvalue weighted by Crippen LogP contribution is 2.11. The van der Waals surface area contributed by atoms with Gasteiger partial charge in [-0.1, -0.05) is 24.3 Å². The molecule has 3 aromatic rings. The third-order valence-electron chi connectivity index (χ3n) is 3.89. The molecule has 0 spiro atoms. The summed E-state index contributed by atoms with van der Waals surface area (Å²) in [7, 11) is 1.72. The Morgan fingerprint density at radius 3 is 2.84 bits per heavy atom. The van der Waals surface area contributed by atoms with E-state index in [4.69, 9.17) is 0 Å². The number of fused-ring (bicyclic) bond motifs is 1. The van der Waals surface area contributed by atoms with E-state index in [-0.39, 0.29) is 5.82 Å². The largest absolute Gasteiger partial charge is 0.356 e. The number of benzene rings is 2. The summed E-state index contributed by atoms with van der Waals surface area (Å²) in [6.45, 7) is 1.31. The number of nitrogens with zero attached hydrogens (tertiary/aromatic N) is 2. The van der Waals surface area contributed by atoms with Gasteiger partial charge in [0, 0.05) is 26.6 Å². The number of imidazole rings is 1. The zero-order chi connectivity index (χ0) is 17.5. The van der Waals surface area contributed by atoms with Crippen LogP contribution in [0.2, 0.25) is 0 Å². The monoisotopic (exact) mass is 339 g/mol. The lowest BCUT2D eigenvalue weighted by atomic mass is 10.2. The standard InChI is InChI=1S/C19H22FN5/c1-21-19(23-13-14-6-4-7-15(20)12-14)22-11-5-10-18-24-16-8-2-3-9-17(16)25-18/h2-4,6-9,12H,5,10-11,13H2,1H3,(H,24,25)(H2,21,22,23). The lowest BCUT2D eigenvalue weighted by molar-refractivity contribution is 0.624. The molecular formula is C19H22FN5. The molecule has 25 heavy (non-hydrogen) atoms. The maximum atomic E-state index is 13.2. The number of aryl methyl sites for hydroxylation is 1. The highest BCUT2D eigenvalue weighted by Gasteiger charge is 2.03. The molecule has 0 saturated carbocycles. The van der Waals surface area contributed by atoms with Gasteiger partial charge in [-0.25, -0.2) is 9.37 Å². The van der Waals surface area contributed by atoms with E-state index in [2.05, 4.69) is 25.6 Å². The molecule has 1 heterocycles. The molecule has 0 fully saturated rings. The van der Waals surface area contributed by atoms with Crippen LogP contribution in [0.1, 0.15) is 17.8 Å². The molecule has 0 saturated heterocycles. The van der Waals surface area contributed by atoms with Crippen LogP contribution < -0.4 is 10.6 Å². The Labute approximate surface area is 146 Å². The predicted octanol–water partition coefficient (Wildman–Crippen LogP) is 3.00. The molecular weight excluding hydrogens is 317 g/mol. The van der Waals surface area contributed by atoms with E-state index in [0.717, 1.165) is 41.8 Å². The first-order valence-corrected chi connectivity index (χ1v) is 8.37. The SMILES string of the molecule is CN=C(NCCCc1nc2ccccc2[nH]1)NCc1cccc(F)c1. The third-order valence-corrected chi connectivity index (χ3v) is 3.89. The van der Waals surface area contributed by atoms with Gasteiger partial charge in [-0.3, -0.25) is 4.99 Å². The number of rotatable bonds is 6. The van der Waals surface area contributed by atoms with Crippen LogP contribution in [0.15, 0.2) is 53.5 Å². The average molecular weight is 339 g/mol. The van der Waals surface area contributed by atoms with Crippen molar-refractivity contribution in [2.75, 3.05) is 13.6 Å². The van der Waals surface area contributed by atoms with Crippen LogP contribution in [0.3, 0.4) is 0 Å². The van der Waals surface area contributed by atoms with Crippen molar-refractivity contribution in [2.24, 2.45) is 4.99 Å². The Balaban J connectivity index is 1.42. The maximum absolute atomic E-state index is 13.2. The Morgan fingerprint density at radius 1 is 1.16 bits per heavy atom. The lowest BCUT2D eigenvalue weighted by Gasteiger charge is -2.11. The molecule has 0 unspecified atom stereocenters. The van der Waals surface area contributed by atoms with Gasteiger partial charge >= 0.3 is 0 Å². The molecule has 1 aromatic heterocycles. The second kappa shape index (κ2) is 8.28. The molecule has 0 radical (unpaired) electrons. The normalized spacial score (nSPS) is 11.7. The Morgan fingerprint density at radius 2 is 2.04 bits per heavy atom. The number of aliphatic imine (C=N–C) groups is 1. The fraction of sp³-hybridized carbons (Fsp3) is 0.263. The number of aromatic nitrogens is 2. The lowest BCUT2D eigenvalue weighted by Crippen LogP contribution is -2.37. The molecule has 3 N–H and O–H groups in total. The number of H-pyrrole nitrogens is 1. The number of nitrogens with one attached hydrogen (secondary N) is 3. The van der Waals surface area contributed by atoms with Crippen LogP contribution in [-0.2, 0) is 13.0 Å². The molecule has 0 aliphatic rings. The molecule has 0 aliphatic carbocycles. The van der Waals surface area contributed by atoms with Gasteiger partial charge in [-0.2, -0.15) is 0 Å². The first-order chi connectivity index (χ1) is 12.2. The van der Waals surface area contributed by atoms with Gasteiger partial charge in [0.25, 0.3) is 0 Å². The van der Waals surface area contributed by atoms with E-state index in [9.17, 15) is 4.39 Å². The topological polar surface area (TPSA) is 65.1 Å². The Kier molecular flexibility index (Phi) is 5.61. The maximum Gasteiger partial charge on any atom is 0.191 e. The fourth-order valence-corrected chi connectivity index (χ4v) is 2.64. The molecule has 5 nitrogen and oxygen atoms in total. The van der Waals surface area contributed by atoms with E-state index in [0.29, 0.717) is 12.5 Å². The summed E-state index contributed by atoms with van der Waals surface area (Å²) in [5.41, 5.74) is 2.95. The molecule has 0 aliphatic heterocycles. The summed E-state index contributed by atoms with van der Waals surface area (Å²) >= 11 is 0. The zero-order valence-corrected chi connectivity index (χ0v) is 14.2. The van der Waals surface area contributed by atoms with E-state index in [1.54, 1.807) is 13.1 Å². The van der Waals surface area contributed by atoms with E-state index >= 15 is 0 Å². The summed E-state index contributed by atoms with van der Waals surface area (Å²) in [5.74, 6) is 1.47. The van der Waals surface area contributed by atoms with Crippen LogP contribution in [0.5, 0.6) is 0 Å². The average Bonchev–Trinajstić information content (AvgIpc) is 3.04. The predicted molar refractivity (Wildman–Crippen MR) is 99.0 cm³/mol. The van der Waals surface area contributed by atoms with Crippen molar-refractivity contribution < 1.29 is 4.39 Å². The number of hydrogen-bond donors (Lipinski definition) is 3. The van der Waals surface area contributed by atoms with Crippen molar-refractivity contribution in [1.82, 2.24) is 20.6 Å². The van der Waals surface area contributed by atoms with Crippen molar-refractivity contribution in [3.63, 3.8) is 0 Å². The number of aromatic amines is 1. The third kappa shape index (κ3) is 4.79. The van der Waals surface area contributed by atoms with Gasteiger partial charge in [-0.05, 0) is 36.2 Å². The van der Waals surface area contributed by atoms with E-state index < -0.39 is 0 Å². The fourth-order valence-electron chi connectivity index (χ4n) is 2.64. The van der Waals surface area contributed by atoms with Gasteiger partial charge in [-0.15, -0.1) is 0 Å². The number of halogens is 1. The quantitative estimate of drug-likeness (QED) is 0.367. The van der Waals surface area contributed by atoms with Crippen molar-refractivity contribution >= 4 is 17.0 Å². The second-order valence-corrected chi connectivity index (χ2v) is 5.79. The number of para-hydroxylation sites is 2. The van der Waals surface area contributed by atoms with Crippen molar-refractivity contribution in [3.05, 3.63) is 65.7 Å². The summed E-state index contributed by atoms with van der Waals surface area (Å²) < 4.78 is 13.2. The van der Waals surface area contributed by atoms with E-state index in [1.807, 2.05) is 30.3 Å². The van der Waals surface area contributed by atoms with Crippen molar-refractivity contribution in [2.45, 2.75) is 19.4 Å². The Bertz CT molecular complexity index is 823. The minimum Gasteiger partial charge on any atom is -0.356 e. The van der Waals surface area contributed by atoms with Gasteiger partial charge in [0.05, 0.1) is 11.0 Å². The highest BCUT2D eigenvalue weighted by molar-refractivity contribution is 5.79. The van der Waals surface area contributed by atoms with Crippen LogP contribution in [0.4, 0.5) is 4.39 Å². The first-order valence-electron chi connectivity index (χ1n) is 8.37. The van der Waals surface area contributed by atoms with Crippen LogP contribution in [0, 0.1) is 5.82 Å². The summed E-state index contributed by atoms with van der Waals surface area (Å²) in [5, 5.41) is 6.44. The summed E-state index contributed by atoms with van der Waals surface area (Å²) in [4.78, 5) is 12.1. The molecule has 2 aromatic carbocycles. The Hall–Kier alpha value is -2.89. The summed E-state index contributed by atoms with van der Waals surface area (Å²) in [6.07, 6.45) is 1.79. The molecule has 6 heteroatoms. The van der Waals surface area contributed by atoms with Crippen molar-refractivity contribution in [3.8, 4) is 0 Å². The van der Waals surface area contributed by atoms with Crippen LogP contribution >= 0.6 is 0 Å². The molecule has 130 valence electrons. The second-order valence-electron chi connectivity index (χ2n) is 5.79. The minimum absolute atomic E-state index is 0.229. The van der Waals surface area contributed by atoms with Gasteiger partial charge in [0.15, 0.2) is 5.96 Å². The zero-order valence-electron chi connectivity index (χ0n) is 14.2. The van der Waals surface area contributed by atoms with Crippen LogP contribution in [-0.4, -0.2) is 29.5 Å². The smallest absolute Gasteiger partial charge is 0.191 e. The first kappa shape index (κ1) is 17.0. The van der Waals surface area contributed by atoms with E-state index in [1.165, 1.54) is 12.1 Å². The van der Waals surface area contributed by atoms with Crippen molar-refractivity contribution in [1.29, 1.82) is 0 Å². The minimum atomic E-state index is -0.229. The van der Waals surface area contributed by atoms with Gasteiger partial charge in [0.1, 0.15) is 11.6 Å². The number of guanidine groups is 1. The van der Waals surface area contributed by atoms with Gasteiger partial charge in [0.2, 0.25) is 0 Å². The molecule has 0 bridgehead atoms. The number of hydrogen-bond acceptors (Lipinski definition) is 2. The molecule has 0 atom stereocenters. The van der Waals surface area contributed by atoms with Gasteiger partial charge < -0.3 is 15.6 Å². The summed E-state index contributed by atoms with van der Waals surface area (Å²) in [6, 6.07) is 14.6. The van der Waals surface area contributed by atoms with Crippen LogP contribution in [0.25, 0.3) is 11.0 Å². The highest BCUT2D eigenvalue weighted by atomic mass is 19.1. The molecule has 3 rings (SSSR count).